The van der Waals surface area contributed by atoms with Crippen molar-refractivity contribution in [2.45, 2.75) is 0 Å². The fraction of sp³-hybridized carbons (Fsp3) is 0. The Balaban J connectivity index is 2.96. The second kappa shape index (κ2) is 4.83. The first-order chi connectivity index (χ1) is 9.68. The van der Waals surface area contributed by atoms with E-state index >= 15 is 0 Å². The number of halogens is 7. The average Bonchev–Trinajstić information content (AvgIpc) is 2.44. The molecule has 112 valence electrons. The van der Waals surface area contributed by atoms with Gasteiger partial charge in [0.2, 0.25) is 0 Å². The third kappa shape index (κ3) is 2.05. The molecule has 0 aliphatic rings. The molecule has 0 aromatic heterocycles. The van der Waals surface area contributed by atoms with Crippen LogP contribution in [0.1, 0.15) is 0 Å². The lowest BCUT2D eigenvalue weighted by Gasteiger charge is -2.12. The van der Waals surface area contributed by atoms with Crippen molar-refractivity contribution in [2.24, 2.45) is 0 Å². The van der Waals surface area contributed by atoms with Gasteiger partial charge < -0.3 is 11.5 Å². The topological polar surface area (TPSA) is 52.0 Å². The van der Waals surface area contributed by atoms with Gasteiger partial charge in [0.1, 0.15) is 11.5 Å². The van der Waals surface area contributed by atoms with Gasteiger partial charge in [0, 0.05) is 6.07 Å². The summed E-state index contributed by atoms with van der Waals surface area (Å²) in [5.41, 5.74) is 3.79. The summed E-state index contributed by atoms with van der Waals surface area (Å²) in [6, 6.07) is 0.221. The molecule has 0 amide bonds. The summed E-state index contributed by atoms with van der Waals surface area (Å²) >= 11 is 0. The van der Waals surface area contributed by atoms with Crippen LogP contribution in [0, 0.1) is 40.7 Å². The van der Waals surface area contributed by atoms with Crippen molar-refractivity contribution < 1.29 is 30.7 Å². The zero-order chi connectivity index (χ0) is 16.1. The van der Waals surface area contributed by atoms with E-state index in [-0.39, 0.29) is 6.07 Å². The van der Waals surface area contributed by atoms with Crippen molar-refractivity contribution >= 4 is 11.4 Å². The van der Waals surface area contributed by atoms with E-state index in [9.17, 15) is 30.7 Å². The Morgan fingerprint density at radius 1 is 0.571 bits per heavy atom. The smallest absolute Gasteiger partial charge is 0.185 e. The van der Waals surface area contributed by atoms with Crippen molar-refractivity contribution in [2.75, 3.05) is 11.5 Å². The number of rotatable bonds is 1. The van der Waals surface area contributed by atoms with Gasteiger partial charge in [0.15, 0.2) is 34.9 Å². The monoisotopic (exact) mass is 310 g/mol. The van der Waals surface area contributed by atoms with Crippen molar-refractivity contribution in [3.8, 4) is 11.1 Å². The van der Waals surface area contributed by atoms with E-state index in [0.29, 0.717) is 0 Å². The van der Waals surface area contributed by atoms with Crippen LogP contribution in [0.2, 0.25) is 0 Å². The fourth-order valence-electron chi connectivity index (χ4n) is 1.71. The summed E-state index contributed by atoms with van der Waals surface area (Å²) in [4.78, 5) is 0. The van der Waals surface area contributed by atoms with Crippen molar-refractivity contribution in [3.05, 3.63) is 46.8 Å². The van der Waals surface area contributed by atoms with Gasteiger partial charge in [-0.15, -0.1) is 0 Å². The molecule has 2 aromatic rings. The third-order valence-electron chi connectivity index (χ3n) is 2.73. The summed E-state index contributed by atoms with van der Waals surface area (Å²) in [7, 11) is 0. The Morgan fingerprint density at radius 3 is 1.48 bits per heavy atom. The van der Waals surface area contributed by atoms with Crippen LogP contribution in [0.3, 0.4) is 0 Å². The lowest BCUT2D eigenvalue weighted by Crippen LogP contribution is -2.09. The summed E-state index contributed by atoms with van der Waals surface area (Å²) in [5, 5.41) is 0. The van der Waals surface area contributed by atoms with Gasteiger partial charge in [-0.05, 0) is 0 Å². The molecule has 9 heteroatoms. The molecule has 0 aliphatic heterocycles. The number of hydrogen-bond donors (Lipinski definition) is 2. The van der Waals surface area contributed by atoms with Crippen LogP contribution in [0.4, 0.5) is 42.1 Å². The van der Waals surface area contributed by atoms with E-state index in [1.165, 1.54) is 0 Å². The molecule has 4 N–H and O–H groups in total. The Bertz CT molecular complexity index is 729. The van der Waals surface area contributed by atoms with Crippen molar-refractivity contribution in [3.63, 3.8) is 0 Å². The summed E-state index contributed by atoms with van der Waals surface area (Å²) < 4.78 is 94.4. The molecule has 0 fully saturated rings. The molecule has 0 saturated heterocycles. The highest BCUT2D eigenvalue weighted by atomic mass is 19.2. The summed E-state index contributed by atoms with van der Waals surface area (Å²) in [5.74, 6) is -14.0. The molecule has 0 bridgehead atoms. The first kappa shape index (κ1) is 14.9. The SMILES string of the molecule is Nc1cc(F)c(-c2c(F)c(F)c(N)c(F)c2F)c(F)c1F. The van der Waals surface area contributed by atoms with Gasteiger partial charge in [-0.3, -0.25) is 0 Å². The Morgan fingerprint density at radius 2 is 1.00 bits per heavy atom. The fourth-order valence-corrected chi connectivity index (χ4v) is 1.71. The minimum atomic E-state index is -2.16. The van der Waals surface area contributed by atoms with Gasteiger partial charge in [-0.1, -0.05) is 0 Å². The van der Waals surface area contributed by atoms with Crippen LogP contribution >= 0.6 is 0 Å². The number of anilines is 2. The maximum absolute atomic E-state index is 13.6. The van der Waals surface area contributed by atoms with Gasteiger partial charge in [0.05, 0.1) is 16.8 Å². The highest BCUT2D eigenvalue weighted by Gasteiger charge is 2.30. The highest BCUT2D eigenvalue weighted by Crippen LogP contribution is 2.37. The van der Waals surface area contributed by atoms with Gasteiger partial charge in [0.25, 0.3) is 0 Å². The van der Waals surface area contributed by atoms with Crippen LogP contribution < -0.4 is 11.5 Å². The Hall–Kier alpha value is -2.45. The lowest BCUT2D eigenvalue weighted by atomic mass is 10.0. The number of benzene rings is 2. The van der Waals surface area contributed by atoms with Crippen LogP contribution in [0.15, 0.2) is 6.07 Å². The van der Waals surface area contributed by atoms with E-state index in [1.54, 1.807) is 0 Å². The van der Waals surface area contributed by atoms with E-state index in [4.69, 9.17) is 11.5 Å². The van der Waals surface area contributed by atoms with Gasteiger partial charge in [-0.2, -0.15) is 0 Å². The molecule has 0 spiro atoms. The van der Waals surface area contributed by atoms with Gasteiger partial charge in [-0.25, -0.2) is 30.7 Å². The molecule has 0 atom stereocenters. The number of hydrogen-bond acceptors (Lipinski definition) is 2. The summed E-state index contributed by atoms with van der Waals surface area (Å²) in [6.45, 7) is 0. The zero-order valence-corrected chi connectivity index (χ0v) is 9.88. The quantitative estimate of drug-likeness (QED) is 0.481. The predicted octanol–water partition coefficient (Wildman–Crippen LogP) is 3.49. The molecule has 2 nitrogen and oxygen atoms in total. The second-order valence-corrected chi connectivity index (χ2v) is 4.00. The molecular formula is C12H5F7N2. The molecule has 21 heavy (non-hydrogen) atoms. The minimum Gasteiger partial charge on any atom is -0.396 e. The molecule has 0 aliphatic carbocycles. The van der Waals surface area contributed by atoms with Crippen LogP contribution in [-0.2, 0) is 0 Å². The maximum atomic E-state index is 13.6. The average molecular weight is 310 g/mol. The zero-order valence-electron chi connectivity index (χ0n) is 9.88. The predicted molar refractivity (Wildman–Crippen MR) is 60.4 cm³/mol. The molecule has 2 aromatic carbocycles. The van der Waals surface area contributed by atoms with Crippen molar-refractivity contribution in [1.82, 2.24) is 0 Å². The third-order valence-corrected chi connectivity index (χ3v) is 2.73. The van der Waals surface area contributed by atoms with E-state index < -0.39 is 63.2 Å². The van der Waals surface area contributed by atoms with Crippen LogP contribution in [0.25, 0.3) is 11.1 Å². The van der Waals surface area contributed by atoms with Gasteiger partial charge >= 0.3 is 0 Å². The second-order valence-electron chi connectivity index (χ2n) is 4.00. The Labute approximate surface area is 112 Å². The first-order valence-corrected chi connectivity index (χ1v) is 5.23. The molecule has 2 rings (SSSR count). The standard InChI is InChI=1S/C12H5F7N2/c13-2-1-3(20)6(14)7(15)4(2)5-8(16)10(18)12(21)11(19)9(5)17/h1H,20-21H2. The number of nitrogens with two attached hydrogens (primary N) is 2. The molecule has 0 heterocycles. The van der Waals surface area contributed by atoms with Crippen LogP contribution in [0.5, 0.6) is 0 Å². The number of nitrogen functional groups attached to an aromatic ring is 2. The summed E-state index contributed by atoms with van der Waals surface area (Å²) in [6.07, 6.45) is 0. The Kier molecular flexibility index (Phi) is 3.44. The first-order valence-electron chi connectivity index (χ1n) is 5.23. The lowest BCUT2D eigenvalue weighted by molar-refractivity contribution is 0.458. The molecular weight excluding hydrogens is 305 g/mol. The van der Waals surface area contributed by atoms with E-state index in [0.717, 1.165) is 0 Å². The molecule has 0 saturated carbocycles. The maximum Gasteiger partial charge on any atom is 0.185 e. The minimum absolute atomic E-state index is 0.221. The van der Waals surface area contributed by atoms with E-state index in [2.05, 4.69) is 0 Å². The largest absolute Gasteiger partial charge is 0.396 e. The van der Waals surface area contributed by atoms with Crippen LogP contribution in [-0.4, -0.2) is 0 Å². The molecule has 0 radical (unpaired) electrons. The van der Waals surface area contributed by atoms with Crippen molar-refractivity contribution in [1.29, 1.82) is 0 Å². The highest BCUT2D eigenvalue weighted by molar-refractivity contribution is 5.71. The van der Waals surface area contributed by atoms with E-state index in [1.807, 2.05) is 0 Å². The normalized spacial score (nSPS) is 11.0. The molecule has 0 unspecified atom stereocenters.